The van der Waals surface area contributed by atoms with Crippen molar-refractivity contribution in [2.45, 2.75) is 20.0 Å². The van der Waals surface area contributed by atoms with Gasteiger partial charge in [0.05, 0.1) is 0 Å². The summed E-state index contributed by atoms with van der Waals surface area (Å²) < 4.78 is 5.23. The molecular weight excluding hydrogens is 332 g/mol. The van der Waals surface area contributed by atoms with E-state index in [1.807, 2.05) is 24.3 Å². The van der Waals surface area contributed by atoms with Gasteiger partial charge in [-0.05, 0) is 50.2 Å². The Labute approximate surface area is 150 Å². The second-order valence-electron chi connectivity index (χ2n) is 5.94. The van der Waals surface area contributed by atoms with Gasteiger partial charge in [-0.2, -0.15) is 0 Å². The van der Waals surface area contributed by atoms with Crippen LogP contribution in [0.15, 0.2) is 54.6 Å². The fraction of sp³-hybridized carbons (Fsp3) is 0.150. The molecule has 26 heavy (non-hydrogen) atoms. The summed E-state index contributed by atoms with van der Waals surface area (Å²) >= 11 is 0. The average molecular weight is 350 g/mol. The maximum atomic E-state index is 12.2. The number of fused-ring (bicyclic) bond motifs is 1. The van der Waals surface area contributed by atoms with E-state index < -0.39 is 18.0 Å². The molecule has 0 bridgehead atoms. The molecule has 132 valence electrons. The Kier molecular flexibility index (Phi) is 4.84. The predicted molar refractivity (Wildman–Crippen MR) is 98.3 cm³/mol. The lowest BCUT2D eigenvalue weighted by Gasteiger charge is -2.13. The van der Waals surface area contributed by atoms with E-state index in [-0.39, 0.29) is 11.5 Å². The molecule has 0 aliphatic heterocycles. The van der Waals surface area contributed by atoms with Gasteiger partial charge in [0.2, 0.25) is 0 Å². The molecule has 1 aromatic heterocycles. The van der Waals surface area contributed by atoms with Gasteiger partial charge >= 0.3 is 5.97 Å². The predicted octanol–water partition coefficient (Wildman–Crippen LogP) is 3.55. The molecule has 0 fully saturated rings. The summed E-state index contributed by atoms with van der Waals surface area (Å²) in [6, 6.07) is 15.7. The topological polar surface area (TPSA) is 88.3 Å². The van der Waals surface area contributed by atoms with E-state index in [0.29, 0.717) is 11.3 Å². The highest BCUT2D eigenvalue weighted by Crippen LogP contribution is 2.16. The van der Waals surface area contributed by atoms with Gasteiger partial charge in [-0.25, -0.2) is 4.79 Å². The molecule has 0 aliphatic carbocycles. The minimum absolute atomic E-state index is 0.0523. The van der Waals surface area contributed by atoms with Crippen molar-refractivity contribution >= 4 is 34.3 Å². The fourth-order valence-electron chi connectivity index (χ4n) is 2.49. The number of rotatable bonds is 5. The first-order chi connectivity index (χ1) is 12.4. The highest BCUT2D eigenvalue weighted by molar-refractivity contribution is 5.99. The Morgan fingerprint density at radius 1 is 1.04 bits per heavy atom. The van der Waals surface area contributed by atoms with Crippen molar-refractivity contribution in [3.05, 3.63) is 65.9 Å². The van der Waals surface area contributed by atoms with Crippen LogP contribution in [0.25, 0.3) is 10.9 Å². The van der Waals surface area contributed by atoms with Gasteiger partial charge in [0, 0.05) is 22.2 Å². The number of carbonyl (C=O) groups excluding carboxylic acids is 3. The molecule has 0 radical (unpaired) electrons. The number of aromatic nitrogens is 1. The van der Waals surface area contributed by atoms with Crippen LogP contribution in [0.1, 0.15) is 34.7 Å². The minimum atomic E-state index is -0.971. The van der Waals surface area contributed by atoms with Crippen LogP contribution < -0.4 is 5.32 Å². The fourth-order valence-corrected chi connectivity index (χ4v) is 2.49. The van der Waals surface area contributed by atoms with E-state index in [1.54, 1.807) is 30.3 Å². The Morgan fingerprint density at radius 3 is 2.38 bits per heavy atom. The largest absolute Gasteiger partial charge is 0.448 e. The normalized spacial score (nSPS) is 11.8. The molecule has 2 aromatic carbocycles. The number of esters is 1. The van der Waals surface area contributed by atoms with Crippen LogP contribution in [0.3, 0.4) is 0 Å². The van der Waals surface area contributed by atoms with E-state index in [2.05, 4.69) is 10.3 Å². The van der Waals surface area contributed by atoms with Gasteiger partial charge in [0.15, 0.2) is 11.9 Å². The van der Waals surface area contributed by atoms with E-state index in [1.165, 1.54) is 13.8 Å². The summed E-state index contributed by atoms with van der Waals surface area (Å²) in [5.74, 6) is -1.11. The van der Waals surface area contributed by atoms with Crippen LogP contribution in [0, 0.1) is 0 Å². The Hall–Kier alpha value is -3.41. The molecule has 3 aromatic rings. The number of anilines is 1. The number of nitrogens with one attached hydrogen (secondary N) is 2. The van der Waals surface area contributed by atoms with E-state index in [9.17, 15) is 14.4 Å². The third kappa shape index (κ3) is 3.80. The third-order valence-corrected chi connectivity index (χ3v) is 3.96. The summed E-state index contributed by atoms with van der Waals surface area (Å²) in [7, 11) is 0. The molecule has 1 amide bonds. The quantitative estimate of drug-likeness (QED) is 0.544. The number of hydrogen-bond acceptors (Lipinski definition) is 4. The summed E-state index contributed by atoms with van der Waals surface area (Å²) in [4.78, 5) is 38.7. The van der Waals surface area contributed by atoms with Crippen molar-refractivity contribution in [1.29, 1.82) is 0 Å². The second-order valence-corrected chi connectivity index (χ2v) is 5.94. The first kappa shape index (κ1) is 17.4. The van der Waals surface area contributed by atoms with Crippen molar-refractivity contribution in [3.8, 4) is 0 Å². The van der Waals surface area contributed by atoms with E-state index in [0.717, 1.165) is 10.9 Å². The molecule has 0 saturated carbocycles. The standard InChI is InChI=1S/C20H18N2O4/c1-12(23)14-7-9-16(10-8-14)21-19(24)13(2)26-20(25)18-11-15-5-3-4-6-17(15)22-18/h3-11,13,22H,1-2H3,(H,21,24)/t13-/m1/s1. The number of hydrogen-bond donors (Lipinski definition) is 2. The molecule has 6 heteroatoms. The molecule has 6 nitrogen and oxygen atoms in total. The Morgan fingerprint density at radius 2 is 1.73 bits per heavy atom. The van der Waals surface area contributed by atoms with Crippen LogP contribution in [-0.2, 0) is 9.53 Å². The highest BCUT2D eigenvalue weighted by atomic mass is 16.5. The number of ether oxygens (including phenoxy) is 1. The number of carbonyl (C=O) groups is 3. The number of aromatic amines is 1. The lowest BCUT2D eigenvalue weighted by molar-refractivity contribution is -0.123. The van der Waals surface area contributed by atoms with Crippen molar-refractivity contribution < 1.29 is 19.1 Å². The zero-order valence-corrected chi connectivity index (χ0v) is 14.4. The Balaban J connectivity index is 1.62. The third-order valence-electron chi connectivity index (χ3n) is 3.96. The number of ketones is 1. The number of para-hydroxylation sites is 1. The molecule has 2 N–H and O–H groups in total. The lowest BCUT2D eigenvalue weighted by atomic mass is 10.1. The van der Waals surface area contributed by atoms with Gasteiger partial charge in [0.1, 0.15) is 5.69 Å². The number of Topliss-reactive ketones (excluding diaryl/α,β-unsaturated/α-hetero) is 1. The molecule has 0 saturated heterocycles. The molecular formula is C20H18N2O4. The van der Waals surface area contributed by atoms with Gasteiger partial charge in [-0.15, -0.1) is 0 Å². The number of benzene rings is 2. The molecule has 3 rings (SSSR count). The number of H-pyrrole nitrogens is 1. The molecule has 0 aliphatic rings. The number of amides is 1. The zero-order valence-electron chi connectivity index (χ0n) is 14.4. The van der Waals surface area contributed by atoms with Crippen LogP contribution in [0.2, 0.25) is 0 Å². The van der Waals surface area contributed by atoms with Gasteiger partial charge in [-0.1, -0.05) is 18.2 Å². The van der Waals surface area contributed by atoms with E-state index >= 15 is 0 Å². The zero-order chi connectivity index (χ0) is 18.7. The van der Waals surface area contributed by atoms with Crippen LogP contribution in [0.4, 0.5) is 5.69 Å². The molecule has 0 spiro atoms. The van der Waals surface area contributed by atoms with Crippen LogP contribution >= 0.6 is 0 Å². The molecule has 1 atom stereocenters. The van der Waals surface area contributed by atoms with Crippen LogP contribution in [-0.4, -0.2) is 28.7 Å². The SMILES string of the molecule is CC(=O)c1ccc(NC(=O)[C@@H](C)OC(=O)c2cc3ccccc3[nH]2)cc1. The summed E-state index contributed by atoms with van der Waals surface area (Å²) in [5.41, 5.74) is 2.19. The van der Waals surface area contributed by atoms with Gasteiger partial charge in [0.25, 0.3) is 5.91 Å². The van der Waals surface area contributed by atoms with Crippen molar-refractivity contribution in [2.75, 3.05) is 5.32 Å². The first-order valence-corrected chi connectivity index (χ1v) is 8.14. The van der Waals surface area contributed by atoms with Gasteiger partial charge in [-0.3, -0.25) is 9.59 Å². The van der Waals surface area contributed by atoms with Gasteiger partial charge < -0.3 is 15.0 Å². The van der Waals surface area contributed by atoms with Crippen LogP contribution in [0.5, 0.6) is 0 Å². The summed E-state index contributed by atoms with van der Waals surface area (Å²) in [5, 5.41) is 3.54. The highest BCUT2D eigenvalue weighted by Gasteiger charge is 2.20. The van der Waals surface area contributed by atoms with Crippen molar-refractivity contribution in [1.82, 2.24) is 4.98 Å². The monoisotopic (exact) mass is 350 g/mol. The van der Waals surface area contributed by atoms with E-state index in [4.69, 9.17) is 4.74 Å². The van der Waals surface area contributed by atoms with Crippen molar-refractivity contribution in [3.63, 3.8) is 0 Å². The Bertz CT molecular complexity index is 940. The first-order valence-electron chi connectivity index (χ1n) is 8.14. The molecule has 1 heterocycles. The maximum absolute atomic E-state index is 12.2. The maximum Gasteiger partial charge on any atom is 0.355 e. The van der Waals surface area contributed by atoms with Crippen molar-refractivity contribution in [2.24, 2.45) is 0 Å². The smallest absolute Gasteiger partial charge is 0.355 e. The lowest BCUT2D eigenvalue weighted by Crippen LogP contribution is -2.30. The minimum Gasteiger partial charge on any atom is -0.448 e. The second kappa shape index (κ2) is 7.23. The summed E-state index contributed by atoms with van der Waals surface area (Å²) in [6.07, 6.45) is -0.971. The summed E-state index contributed by atoms with van der Waals surface area (Å²) in [6.45, 7) is 2.97. The molecule has 0 unspecified atom stereocenters. The average Bonchev–Trinajstić information content (AvgIpc) is 3.06.